The van der Waals surface area contributed by atoms with Crippen LogP contribution in [-0.4, -0.2) is 25.5 Å². The van der Waals surface area contributed by atoms with Crippen LogP contribution in [0.15, 0.2) is 64.4 Å². The minimum atomic E-state index is -4.13. The number of nitrogens with zero attached hydrogens (tertiary/aromatic N) is 1. The molecule has 42 heavy (non-hydrogen) atoms. The quantitative estimate of drug-likeness (QED) is 0.262. The standard InChI is InChI=1S/C30H27Cl2N3O5S2/c1-15(2)19-6-5-7-20(16(3)4)26(19)34-42(39,40)18-9-11-24-21(13-18)25(27-28(36)33-30(38)41-27)29(37)35(24)14-17-8-10-22(31)23(32)12-17/h5-13,15-16,34H,14H2,1-4H3,(H,33,36,38)/b27-25+. The van der Waals surface area contributed by atoms with E-state index in [1.54, 1.807) is 18.2 Å². The minimum absolute atomic E-state index is 0.0408. The molecule has 0 aromatic heterocycles. The molecule has 218 valence electrons. The fourth-order valence-electron chi connectivity index (χ4n) is 5.02. The first kappa shape index (κ1) is 30.2. The summed E-state index contributed by atoms with van der Waals surface area (Å²) in [7, 11) is -4.13. The van der Waals surface area contributed by atoms with Gasteiger partial charge in [-0.1, -0.05) is 75.2 Å². The zero-order valence-electron chi connectivity index (χ0n) is 23.1. The summed E-state index contributed by atoms with van der Waals surface area (Å²) in [5, 5.41) is 2.23. The normalized spacial score (nSPS) is 17.0. The smallest absolute Gasteiger partial charge is 0.290 e. The van der Waals surface area contributed by atoms with Gasteiger partial charge in [0.15, 0.2) is 0 Å². The second kappa shape index (κ2) is 11.4. The van der Waals surface area contributed by atoms with Crippen LogP contribution in [0, 0.1) is 0 Å². The number of anilines is 2. The summed E-state index contributed by atoms with van der Waals surface area (Å²) >= 11 is 12.9. The lowest BCUT2D eigenvalue weighted by molar-refractivity contribution is -0.116. The van der Waals surface area contributed by atoms with Crippen molar-refractivity contribution in [3.8, 4) is 0 Å². The lowest BCUT2D eigenvalue weighted by Crippen LogP contribution is -2.26. The topological polar surface area (TPSA) is 113 Å². The Morgan fingerprint density at radius 1 is 0.905 bits per heavy atom. The number of thioether (sulfide) groups is 1. The molecule has 2 heterocycles. The van der Waals surface area contributed by atoms with Crippen LogP contribution >= 0.6 is 35.0 Å². The summed E-state index contributed by atoms with van der Waals surface area (Å²) in [6.07, 6.45) is 0. The molecule has 1 saturated heterocycles. The minimum Gasteiger partial charge on any atom is -0.303 e. The van der Waals surface area contributed by atoms with Gasteiger partial charge in [0.05, 0.1) is 43.3 Å². The molecule has 3 aromatic rings. The number of amides is 3. The zero-order valence-corrected chi connectivity index (χ0v) is 26.3. The number of hydrogen-bond donors (Lipinski definition) is 2. The van der Waals surface area contributed by atoms with Crippen LogP contribution < -0.4 is 14.9 Å². The molecule has 0 bridgehead atoms. The van der Waals surface area contributed by atoms with Crippen molar-refractivity contribution in [2.45, 2.75) is 51.0 Å². The van der Waals surface area contributed by atoms with E-state index in [1.807, 2.05) is 45.9 Å². The summed E-state index contributed by atoms with van der Waals surface area (Å²) in [4.78, 5) is 39.7. The Balaban J connectivity index is 1.62. The molecule has 0 saturated carbocycles. The molecule has 0 radical (unpaired) electrons. The van der Waals surface area contributed by atoms with Gasteiger partial charge in [0.25, 0.3) is 27.1 Å². The molecule has 12 heteroatoms. The van der Waals surface area contributed by atoms with Crippen molar-refractivity contribution in [3.63, 3.8) is 0 Å². The van der Waals surface area contributed by atoms with E-state index in [4.69, 9.17) is 23.2 Å². The number of fused-ring (bicyclic) bond motifs is 1. The van der Waals surface area contributed by atoms with Crippen molar-refractivity contribution in [2.75, 3.05) is 9.62 Å². The highest BCUT2D eigenvalue weighted by Gasteiger charge is 2.40. The third-order valence-corrected chi connectivity index (χ3v) is 10.0. The fraction of sp³-hybridized carbons (Fsp3) is 0.233. The van der Waals surface area contributed by atoms with Crippen LogP contribution in [0.25, 0.3) is 5.57 Å². The van der Waals surface area contributed by atoms with Gasteiger partial charge in [0, 0.05) is 5.56 Å². The first-order valence-electron chi connectivity index (χ1n) is 13.1. The Morgan fingerprint density at radius 3 is 2.14 bits per heavy atom. The van der Waals surface area contributed by atoms with Gasteiger partial charge in [-0.05, 0) is 70.6 Å². The molecule has 0 unspecified atom stereocenters. The molecule has 0 spiro atoms. The molecule has 0 atom stereocenters. The van der Waals surface area contributed by atoms with Gasteiger partial charge in [0.1, 0.15) is 0 Å². The molecule has 3 amide bonds. The van der Waals surface area contributed by atoms with E-state index in [9.17, 15) is 22.8 Å². The number of carbonyl (C=O) groups excluding carboxylic acids is 3. The number of halogens is 2. The Morgan fingerprint density at radius 2 is 1.57 bits per heavy atom. The first-order chi connectivity index (χ1) is 19.8. The highest BCUT2D eigenvalue weighted by molar-refractivity contribution is 8.18. The lowest BCUT2D eigenvalue weighted by Gasteiger charge is -2.21. The molecular formula is C30H27Cl2N3O5S2. The number of sulfonamides is 1. The van der Waals surface area contributed by atoms with Gasteiger partial charge in [-0.2, -0.15) is 0 Å². The first-order valence-corrected chi connectivity index (χ1v) is 16.2. The monoisotopic (exact) mass is 643 g/mol. The number of para-hydroxylation sites is 1. The number of benzene rings is 3. The maximum Gasteiger partial charge on any atom is 0.290 e. The zero-order chi connectivity index (χ0) is 30.5. The van der Waals surface area contributed by atoms with Crippen molar-refractivity contribution in [1.82, 2.24) is 5.32 Å². The maximum atomic E-state index is 13.8. The Kier molecular flexibility index (Phi) is 8.19. The Labute approximate surface area is 258 Å². The van der Waals surface area contributed by atoms with E-state index in [1.165, 1.54) is 23.1 Å². The molecule has 0 aliphatic carbocycles. The van der Waals surface area contributed by atoms with Gasteiger partial charge in [0.2, 0.25) is 0 Å². The Bertz CT molecular complexity index is 1780. The number of rotatable bonds is 7. The third kappa shape index (κ3) is 5.56. The number of nitrogens with one attached hydrogen (secondary N) is 2. The number of imide groups is 1. The van der Waals surface area contributed by atoms with E-state index in [-0.39, 0.29) is 39.3 Å². The Hall–Kier alpha value is -3.31. The summed E-state index contributed by atoms with van der Waals surface area (Å²) in [5.74, 6) is -1.14. The van der Waals surface area contributed by atoms with Crippen LogP contribution in [0.5, 0.6) is 0 Å². The summed E-state index contributed by atoms with van der Waals surface area (Å²) in [6, 6.07) is 15.0. The van der Waals surface area contributed by atoms with E-state index in [2.05, 4.69) is 10.0 Å². The van der Waals surface area contributed by atoms with Crippen molar-refractivity contribution in [3.05, 3.63) is 91.8 Å². The maximum absolute atomic E-state index is 13.8. The predicted molar refractivity (Wildman–Crippen MR) is 168 cm³/mol. The average Bonchev–Trinajstić information content (AvgIpc) is 3.39. The summed E-state index contributed by atoms with van der Waals surface area (Å²) < 4.78 is 30.4. The second-order valence-electron chi connectivity index (χ2n) is 10.6. The lowest BCUT2D eigenvalue weighted by atomic mass is 9.93. The van der Waals surface area contributed by atoms with Gasteiger partial charge < -0.3 is 4.90 Å². The van der Waals surface area contributed by atoms with Crippen LogP contribution in [0.3, 0.4) is 0 Å². The molecule has 2 aliphatic rings. The second-order valence-corrected chi connectivity index (χ2v) is 14.1. The van der Waals surface area contributed by atoms with Crippen molar-refractivity contribution in [2.24, 2.45) is 0 Å². The largest absolute Gasteiger partial charge is 0.303 e. The van der Waals surface area contributed by atoms with Crippen LogP contribution in [0.1, 0.15) is 61.8 Å². The van der Waals surface area contributed by atoms with E-state index in [0.717, 1.165) is 11.1 Å². The highest BCUT2D eigenvalue weighted by atomic mass is 35.5. The van der Waals surface area contributed by atoms with Crippen LogP contribution in [0.2, 0.25) is 10.0 Å². The van der Waals surface area contributed by atoms with E-state index < -0.39 is 27.1 Å². The molecule has 8 nitrogen and oxygen atoms in total. The number of hydrogen-bond acceptors (Lipinski definition) is 6. The molecule has 1 fully saturated rings. The van der Waals surface area contributed by atoms with Gasteiger partial charge >= 0.3 is 0 Å². The van der Waals surface area contributed by atoms with Crippen molar-refractivity contribution < 1.29 is 22.8 Å². The molecule has 2 N–H and O–H groups in total. The van der Waals surface area contributed by atoms with Crippen molar-refractivity contribution >= 4 is 79.0 Å². The van der Waals surface area contributed by atoms with E-state index >= 15 is 0 Å². The van der Waals surface area contributed by atoms with Crippen molar-refractivity contribution in [1.29, 1.82) is 0 Å². The number of carbonyl (C=O) groups is 3. The fourth-order valence-corrected chi connectivity index (χ4v) is 7.25. The molecule has 2 aliphatic heterocycles. The SMILES string of the molecule is CC(C)c1cccc(C(C)C)c1NS(=O)(=O)c1ccc2c(c1)/C(=C1\SC(=O)NC1=O)C(=O)N2Cc1ccc(Cl)c(Cl)c1. The average molecular weight is 645 g/mol. The molecule has 5 rings (SSSR count). The predicted octanol–water partition coefficient (Wildman–Crippen LogP) is 7.28. The van der Waals surface area contributed by atoms with Crippen LogP contribution in [-0.2, 0) is 26.2 Å². The molecule has 3 aromatic carbocycles. The van der Waals surface area contributed by atoms with Gasteiger partial charge in [-0.25, -0.2) is 8.42 Å². The summed E-state index contributed by atoms with van der Waals surface area (Å²) in [6.45, 7) is 8.04. The third-order valence-electron chi connectivity index (χ3n) is 7.08. The molecular weight excluding hydrogens is 617 g/mol. The van der Waals surface area contributed by atoms with Gasteiger partial charge in [-0.3, -0.25) is 24.4 Å². The van der Waals surface area contributed by atoms with E-state index in [0.29, 0.717) is 38.7 Å². The highest BCUT2D eigenvalue weighted by Crippen LogP contribution is 2.45. The summed E-state index contributed by atoms with van der Waals surface area (Å²) in [5.41, 5.74) is 3.49. The van der Waals surface area contributed by atoms with Gasteiger partial charge in [-0.15, -0.1) is 0 Å². The van der Waals surface area contributed by atoms with Crippen LogP contribution in [0.4, 0.5) is 16.2 Å².